The van der Waals surface area contributed by atoms with Gasteiger partial charge in [0.25, 0.3) is 5.91 Å². The lowest BCUT2D eigenvalue weighted by molar-refractivity contribution is 0.0747. The molecule has 160 valence electrons. The molecule has 8 heteroatoms. The van der Waals surface area contributed by atoms with Gasteiger partial charge in [0.15, 0.2) is 0 Å². The first kappa shape index (κ1) is 19.7. The average molecular weight is 421 g/mol. The largest absolute Gasteiger partial charge is 0.378 e. The number of aromatic nitrogens is 2. The van der Waals surface area contributed by atoms with Crippen LogP contribution >= 0.6 is 0 Å². The molecule has 0 radical (unpaired) electrons. The average Bonchev–Trinajstić information content (AvgIpc) is 2.84. The fourth-order valence-corrected chi connectivity index (χ4v) is 4.24. The Balaban J connectivity index is 1.35. The van der Waals surface area contributed by atoms with E-state index in [0.717, 1.165) is 29.8 Å². The highest BCUT2D eigenvalue weighted by molar-refractivity contribution is 6.00. The Labute approximate surface area is 180 Å². The predicted molar refractivity (Wildman–Crippen MR) is 117 cm³/mol. The molecule has 7 nitrogen and oxygen atoms in total. The minimum Gasteiger partial charge on any atom is -0.378 e. The van der Waals surface area contributed by atoms with Crippen molar-refractivity contribution in [1.29, 1.82) is 0 Å². The van der Waals surface area contributed by atoms with Crippen LogP contribution in [-0.2, 0) is 4.74 Å². The van der Waals surface area contributed by atoms with Gasteiger partial charge < -0.3 is 19.4 Å². The number of hydrogen-bond donors (Lipinski definition) is 0. The number of para-hydroxylation sites is 1. The third-order valence-electron chi connectivity index (χ3n) is 5.93. The van der Waals surface area contributed by atoms with E-state index in [9.17, 15) is 9.18 Å². The number of halogens is 1. The molecule has 0 saturated carbocycles. The van der Waals surface area contributed by atoms with Crippen molar-refractivity contribution in [2.24, 2.45) is 0 Å². The number of ether oxygens (including phenoxy) is 1. The summed E-state index contributed by atoms with van der Waals surface area (Å²) in [7, 11) is 0. The van der Waals surface area contributed by atoms with Crippen molar-refractivity contribution in [3.05, 3.63) is 60.2 Å². The molecule has 2 fully saturated rings. The molecule has 0 aliphatic carbocycles. The van der Waals surface area contributed by atoms with Gasteiger partial charge in [-0.05, 0) is 30.3 Å². The Bertz CT molecular complexity index is 1090. The first-order chi connectivity index (χ1) is 15.2. The summed E-state index contributed by atoms with van der Waals surface area (Å²) in [6.07, 6.45) is 1.57. The number of fused-ring (bicyclic) bond motifs is 1. The Morgan fingerprint density at radius 2 is 1.68 bits per heavy atom. The Morgan fingerprint density at radius 1 is 0.903 bits per heavy atom. The molecule has 3 heterocycles. The van der Waals surface area contributed by atoms with E-state index < -0.39 is 0 Å². The van der Waals surface area contributed by atoms with Gasteiger partial charge in [0.2, 0.25) is 0 Å². The zero-order valence-electron chi connectivity index (χ0n) is 17.2. The van der Waals surface area contributed by atoms with Crippen LogP contribution in [0.5, 0.6) is 0 Å². The Morgan fingerprint density at radius 3 is 2.45 bits per heavy atom. The van der Waals surface area contributed by atoms with Crippen molar-refractivity contribution in [1.82, 2.24) is 14.9 Å². The minimum atomic E-state index is -0.229. The molecule has 2 aliphatic heterocycles. The normalized spacial score (nSPS) is 17.3. The fourth-order valence-electron chi connectivity index (χ4n) is 4.24. The number of piperazine rings is 1. The summed E-state index contributed by atoms with van der Waals surface area (Å²) in [5.74, 6) is 0.589. The molecular weight excluding hydrogens is 397 g/mol. The van der Waals surface area contributed by atoms with E-state index in [1.54, 1.807) is 18.5 Å². The molecule has 0 unspecified atom stereocenters. The van der Waals surface area contributed by atoms with Gasteiger partial charge in [-0.3, -0.25) is 4.79 Å². The molecule has 31 heavy (non-hydrogen) atoms. The zero-order chi connectivity index (χ0) is 21.2. The third-order valence-corrected chi connectivity index (χ3v) is 5.93. The van der Waals surface area contributed by atoms with Gasteiger partial charge in [0.1, 0.15) is 18.0 Å². The number of morpholine rings is 1. The van der Waals surface area contributed by atoms with Gasteiger partial charge in [0, 0.05) is 50.2 Å². The predicted octanol–water partition coefficient (Wildman–Crippen LogP) is 2.57. The fraction of sp³-hybridized carbons (Fsp3) is 0.348. The lowest BCUT2D eigenvalue weighted by Crippen LogP contribution is -2.49. The van der Waals surface area contributed by atoms with Gasteiger partial charge in [-0.25, -0.2) is 14.4 Å². The quantitative estimate of drug-likeness (QED) is 0.648. The lowest BCUT2D eigenvalue weighted by atomic mass is 10.1. The summed E-state index contributed by atoms with van der Waals surface area (Å²) < 4.78 is 19.5. The number of nitrogens with zero attached hydrogens (tertiary/aromatic N) is 5. The molecule has 5 rings (SSSR count). The van der Waals surface area contributed by atoms with Crippen LogP contribution in [0.2, 0.25) is 0 Å². The number of rotatable bonds is 3. The van der Waals surface area contributed by atoms with E-state index in [-0.39, 0.29) is 11.7 Å². The zero-order valence-corrected chi connectivity index (χ0v) is 17.2. The van der Waals surface area contributed by atoms with Crippen LogP contribution in [0.15, 0.2) is 48.8 Å². The topological polar surface area (TPSA) is 61.8 Å². The number of anilines is 2. The van der Waals surface area contributed by atoms with Gasteiger partial charge >= 0.3 is 0 Å². The molecule has 2 aromatic carbocycles. The summed E-state index contributed by atoms with van der Waals surface area (Å²) in [4.78, 5) is 28.0. The van der Waals surface area contributed by atoms with Crippen LogP contribution in [0.1, 0.15) is 10.4 Å². The summed E-state index contributed by atoms with van der Waals surface area (Å²) in [5.41, 5.74) is 2.03. The monoisotopic (exact) mass is 421 g/mol. The van der Waals surface area contributed by atoms with E-state index in [2.05, 4.69) is 14.9 Å². The summed E-state index contributed by atoms with van der Waals surface area (Å²) in [6.45, 7) is 5.15. The van der Waals surface area contributed by atoms with Crippen molar-refractivity contribution in [3.8, 4) is 0 Å². The standard InChI is InChI=1S/C23H24FN5O2/c24-19-3-1-2-4-21(19)27-7-9-29(10-8-27)23(30)17-5-6-20-18(15-17)22(26-16-25-20)28-11-13-31-14-12-28/h1-6,15-16H,7-14H2. The highest BCUT2D eigenvalue weighted by Crippen LogP contribution is 2.26. The molecule has 1 amide bonds. The SMILES string of the molecule is O=C(c1ccc2ncnc(N3CCOCC3)c2c1)N1CCN(c2ccccc2F)CC1. The molecular formula is C23H24FN5O2. The number of carbonyl (C=O) groups is 1. The van der Waals surface area contributed by atoms with E-state index >= 15 is 0 Å². The third kappa shape index (κ3) is 3.90. The smallest absolute Gasteiger partial charge is 0.254 e. The number of hydrogen-bond acceptors (Lipinski definition) is 6. The molecule has 1 aromatic heterocycles. The van der Waals surface area contributed by atoms with Crippen LogP contribution < -0.4 is 9.80 Å². The molecule has 0 spiro atoms. The Hall–Kier alpha value is -3.26. The van der Waals surface area contributed by atoms with Crippen LogP contribution in [0.3, 0.4) is 0 Å². The molecule has 2 aliphatic rings. The van der Waals surface area contributed by atoms with E-state index in [1.807, 2.05) is 34.1 Å². The van der Waals surface area contributed by atoms with E-state index in [1.165, 1.54) is 6.07 Å². The van der Waals surface area contributed by atoms with Gasteiger partial charge in [0.05, 0.1) is 24.4 Å². The molecule has 3 aromatic rings. The van der Waals surface area contributed by atoms with Crippen molar-refractivity contribution >= 4 is 28.3 Å². The van der Waals surface area contributed by atoms with Crippen molar-refractivity contribution in [3.63, 3.8) is 0 Å². The van der Waals surface area contributed by atoms with Gasteiger partial charge in [-0.1, -0.05) is 12.1 Å². The maximum Gasteiger partial charge on any atom is 0.254 e. The number of carbonyl (C=O) groups excluding carboxylic acids is 1. The number of amides is 1. The lowest BCUT2D eigenvalue weighted by Gasteiger charge is -2.36. The second-order valence-corrected chi connectivity index (χ2v) is 7.76. The summed E-state index contributed by atoms with van der Waals surface area (Å²) in [6, 6.07) is 12.4. The highest BCUT2D eigenvalue weighted by Gasteiger charge is 2.24. The molecule has 0 N–H and O–H groups in total. The van der Waals surface area contributed by atoms with E-state index in [4.69, 9.17) is 4.74 Å². The summed E-state index contributed by atoms with van der Waals surface area (Å²) >= 11 is 0. The molecule has 2 saturated heterocycles. The van der Waals surface area contributed by atoms with Crippen molar-refractivity contribution < 1.29 is 13.9 Å². The van der Waals surface area contributed by atoms with Crippen LogP contribution in [0.25, 0.3) is 10.9 Å². The van der Waals surface area contributed by atoms with Gasteiger partial charge in [-0.2, -0.15) is 0 Å². The minimum absolute atomic E-state index is 0.0214. The summed E-state index contributed by atoms with van der Waals surface area (Å²) in [5, 5.41) is 0.875. The molecule has 0 atom stereocenters. The first-order valence-corrected chi connectivity index (χ1v) is 10.6. The maximum absolute atomic E-state index is 14.1. The second-order valence-electron chi connectivity index (χ2n) is 7.76. The van der Waals surface area contributed by atoms with Crippen LogP contribution in [0, 0.1) is 5.82 Å². The van der Waals surface area contributed by atoms with E-state index in [0.29, 0.717) is 50.6 Å². The maximum atomic E-state index is 14.1. The van der Waals surface area contributed by atoms with Crippen molar-refractivity contribution in [2.75, 3.05) is 62.3 Å². The van der Waals surface area contributed by atoms with Gasteiger partial charge in [-0.15, -0.1) is 0 Å². The second kappa shape index (κ2) is 8.47. The first-order valence-electron chi connectivity index (χ1n) is 10.6. The molecule has 0 bridgehead atoms. The van der Waals surface area contributed by atoms with Crippen LogP contribution in [-0.4, -0.2) is 73.3 Å². The van der Waals surface area contributed by atoms with Crippen LogP contribution in [0.4, 0.5) is 15.9 Å². The van der Waals surface area contributed by atoms with Crippen molar-refractivity contribution in [2.45, 2.75) is 0 Å². The Kier molecular flexibility index (Phi) is 5.38. The number of benzene rings is 2. The highest BCUT2D eigenvalue weighted by atomic mass is 19.1.